The summed E-state index contributed by atoms with van der Waals surface area (Å²) in [6.45, 7) is 0. The van der Waals surface area contributed by atoms with Crippen LogP contribution in [0.15, 0.2) is 66.9 Å². The van der Waals surface area contributed by atoms with Crippen molar-refractivity contribution in [1.82, 2.24) is 10.3 Å². The van der Waals surface area contributed by atoms with Crippen LogP contribution in [0.1, 0.15) is 29.2 Å². The fraction of sp³-hybridized carbons (Fsp3) is 0.0909. The molecule has 0 saturated carbocycles. The minimum atomic E-state index is -1.02. The predicted octanol–water partition coefficient (Wildman–Crippen LogP) is 3.45. The lowest BCUT2D eigenvalue weighted by Crippen LogP contribution is -2.28. The Morgan fingerprint density at radius 3 is 2.64 bits per heavy atom. The van der Waals surface area contributed by atoms with E-state index in [0.717, 1.165) is 16.5 Å². The van der Waals surface area contributed by atoms with E-state index in [0.29, 0.717) is 11.1 Å². The number of carboxylic acid groups (broad SMARTS) is 1. The molecule has 0 fully saturated rings. The molecule has 0 spiro atoms. The molecule has 3 rings (SSSR count). The van der Waals surface area contributed by atoms with E-state index in [9.17, 15) is 14.7 Å². The molecule has 1 unspecified atom stereocenters. The lowest BCUT2D eigenvalue weighted by molar-refractivity contribution is -0.137. The molecule has 1 amide bonds. The van der Waals surface area contributed by atoms with Crippen LogP contribution in [0.25, 0.3) is 17.0 Å². The first-order valence-corrected chi connectivity index (χ1v) is 8.60. The van der Waals surface area contributed by atoms with Gasteiger partial charge in [-0.3, -0.25) is 14.6 Å². The molecule has 1 heterocycles. The van der Waals surface area contributed by atoms with E-state index in [4.69, 9.17) is 5.26 Å². The number of carboxylic acids is 1. The maximum atomic E-state index is 12.3. The molecule has 0 aliphatic heterocycles. The first kappa shape index (κ1) is 18.8. The number of hydrogen-bond acceptors (Lipinski definition) is 4. The Bertz CT molecular complexity index is 1080. The fourth-order valence-corrected chi connectivity index (χ4v) is 2.77. The van der Waals surface area contributed by atoms with Crippen molar-refractivity contribution in [2.45, 2.75) is 12.5 Å². The van der Waals surface area contributed by atoms with Crippen LogP contribution in [0.3, 0.4) is 0 Å². The number of amides is 1. The summed E-state index contributed by atoms with van der Waals surface area (Å²) in [5.74, 6) is -1.43. The van der Waals surface area contributed by atoms with Crippen molar-refractivity contribution in [2.24, 2.45) is 0 Å². The van der Waals surface area contributed by atoms with Gasteiger partial charge in [-0.15, -0.1) is 0 Å². The van der Waals surface area contributed by atoms with E-state index < -0.39 is 17.9 Å². The van der Waals surface area contributed by atoms with Crippen LogP contribution in [0, 0.1) is 11.3 Å². The molecule has 1 atom stereocenters. The van der Waals surface area contributed by atoms with Gasteiger partial charge < -0.3 is 10.4 Å². The van der Waals surface area contributed by atoms with Gasteiger partial charge in [0.1, 0.15) is 0 Å². The number of aromatic nitrogens is 1. The summed E-state index contributed by atoms with van der Waals surface area (Å²) in [4.78, 5) is 27.9. The lowest BCUT2D eigenvalue weighted by atomic mass is 10.0. The summed E-state index contributed by atoms with van der Waals surface area (Å²) >= 11 is 0. The third-order valence-corrected chi connectivity index (χ3v) is 4.18. The highest BCUT2D eigenvalue weighted by Gasteiger charge is 2.18. The molecule has 6 nitrogen and oxygen atoms in total. The summed E-state index contributed by atoms with van der Waals surface area (Å²) in [6, 6.07) is 17.4. The van der Waals surface area contributed by atoms with E-state index in [2.05, 4.69) is 10.3 Å². The van der Waals surface area contributed by atoms with Gasteiger partial charge in [-0.25, -0.2) is 0 Å². The quantitative estimate of drug-likeness (QED) is 0.646. The Morgan fingerprint density at radius 1 is 1.18 bits per heavy atom. The molecule has 2 aromatic carbocycles. The Hall–Kier alpha value is -3.98. The Labute approximate surface area is 161 Å². The molecular weight excluding hydrogens is 354 g/mol. The number of rotatable bonds is 6. The van der Waals surface area contributed by atoms with Crippen LogP contribution in [-0.4, -0.2) is 22.0 Å². The molecule has 0 aliphatic carbocycles. The number of aliphatic carboxylic acids is 1. The molecular formula is C22H17N3O3. The van der Waals surface area contributed by atoms with Gasteiger partial charge in [-0.1, -0.05) is 30.3 Å². The normalized spacial score (nSPS) is 11.8. The third-order valence-electron chi connectivity index (χ3n) is 4.18. The van der Waals surface area contributed by atoms with Crippen LogP contribution >= 0.6 is 0 Å². The van der Waals surface area contributed by atoms with Gasteiger partial charge in [0.15, 0.2) is 0 Å². The second-order valence-corrected chi connectivity index (χ2v) is 6.19. The number of nitrogens with zero attached hydrogens (tertiary/aromatic N) is 2. The summed E-state index contributed by atoms with van der Waals surface area (Å²) in [7, 11) is 0. The number of nitriles is 1. The number of nitrogens with one attached hydrogen (secondary N) is 1. The number of pyridine rings is 1. The van der Waals surface area contributed by atoms with Gasteiger partial charge >= 0.3 is 5.97 Å². The van der Waals surface area contributed by atoms with Crippen molar-refractivity contribution in [3.8, 4) is 6.07 Å². The first-order chi connectivity index (χ1) is 13.5. The van der Waals surface area contributed by atoms with Crippen LogP contribution in [0.4, 0.5) is 0 Å². The number of benzene rings is 2. The smallest absolute Gasteiger partial charge is 0.305 e. The summed E-state index contributed by atoms with van der Waals surface area (Å²) in [5.41, 5.74) is 2.72. The van der Waals surface area contributed by atoms with Crippen LogP contribution in [-0.2, 0) is 9.59 Å². The molecule has 0 bridgehead atoms. The average Bonchev–Trinajstić information content (AvgIpc) is 2.71. The largest absolute Gasteiger partial charge is 0.481 e. The Morgan fingerprint density at radius 2 is 1.93 bits per heavy atom. The maximum Gasteiger partial charge on any atom is 0.305 e. The molecule has 6 heteroatoms. The van der Waals surface area contributed by atoms with Gasteiger partial charge in [0.05, 0.1) is 29.6 Å². The molecule has 0 aliphatic rings. The second kappa shape index (κ2) is 8.60. The lowest BCUT2D eigenvalue weighted by Gasteiger charge is -2.16. The fourth-order valence-electron chi connectivity index (χ4n) is 2.77. The minimum Gasteiger partial charge on any atom is -0.481 e. The second-order valence-electron chi connectivity index (χ2n) is 6.19. The van der Waals surface area contributed by atoms with Crippen molar-refractivity contribution >= 4 is 28.9 Å². The standard InChI is InChI=1S/C22H17N3O3/c23-13-16-7-5-15(6-8-16)9-10-21(26)25-20(12-22(27)28)18-11-17-3-1-2-4-19(17)24-14-18/h1-11,14,20H,12H2,(H,25,26)(H,27,28)/b10-9+. The SMILES string of the molecule is N#Cc1ccc(/C=C/C(=O)NC(CC(=O)O)c2cnc3ccccc3c2)cc1. The van der Waals surface area contributed by atoms with Crippen LogP contribution in [0.2, 0.25) is 0 Å². The summed E-state index contributed by atoms with van der Waals surface area (Å²) in [6.07, 6.45) is 4.27. The number of carbonyl (C=O) groups is 2. The van der Waals surface area contributed by atoms with E-state index in [1.807, 2.05) is 36.4 Å². The van der Waals surface area contributed by atoms with Crippen molar-refractivity contribution in [3.63, 3.8) is 0 Å². The highest BCUT2D eigenvalue weighted by Crippen LogP contribution is 2.21. The van der Waals surface area contributed by atoms with Crippen molar-refractivity contribution in [2.75, 3.05) is 0 Å². The van der Waals surface area contributed by atoms with Gasteiger partial charge in [-0.2, -0.15) is 5.26 Å². The third kappa shape index (κ3) is 4.80. The average molecular weight is 371 g/mol. The van der Waals surface area contributed by atoms with Gasteiger partial charge in [0.2, 0.25) is 5.91 Å². The summed E-state index contributed by atoms with van der Waals surface area (Å²) in [5, 5.41) is 21.6. The molecule has 1 aromatic heterocycles. The molecule has 138 valence electrons. The van der Waals surface area contributed by atoms with Crippen molar-refractivity contribution in [1.29, 1.82) is 5.26 Å². The summed E-state index contributed by atoms with van der Waals surface area (Å²) < 4.78 is 0. The minimum absolute atomic E-state index is 0.254. The number of para-hydroxylation sites is 1. The molecule has 2 N–H and O–H groups in total. The van der Waals surface area contributed by atoms with Gasteiger partial charge in [0, 0.05) is 17.7 Å². The molecule has 0 saturated heterocycles. The van der Waals surface area contributed by atoms with Gasteiger partial charge in [-0.05, 0) is 41.5 Å². The molecule has 28 heavy (non-hydrogen) atoms. The molecule has 0 radical (unpaired) electrons. The van der Waals surface area contributed by atoms with Gasteiger partial charge in [0.25, 0.3) is 0 Å². The maximum absolute atomic E-state index is 12.3. The zero-order valence-electron chi connectivity index (χ0n) is 14.9. The predicted molar refractivity (Wildman–Crippen MR) is 105 cm³/mol. The number of hydrogen-bond donors (Lipinski definition) is 2. The van der Waals surface area contributed by atoms with Crippen LogP contribution < -0.4 is 5.32 Å². The monoisotopic (exact) mass is 371 g/mol. The highest BCUT2D eigenvalue weighted by atomic mass is 16.4. The molecule has 3 aromatic rings. The van der Waals surface area contributed by atoms with Crippen molar-refractivity contribution in [3.05, 3.63) is 83.6 Å². The zero-order chi connectivity index (χ0) is 19.9. The Balaban J connectivity index is 1.77. The first-order valence-electron chi connectivity index (χ1n) is 8.60. The van der Waals surface area contributed by atoms with Crippen LogP contribution in [0.5, 0.6) is 0 Å². The van der Waals surface area contributed by atoms with E-state index in [1.54, 1.807) is 36.5 Å². The number of carbonyl (C=O) groups excluding carboxylic acids is 1. The number of fused-ring (bicyclic) bond motifs is 1. The highest BCUT2D eigenvalue weighted by molar-refractivity contribution is 5.92. The van der Waals surface area contributed by atoms with E-state index >= 15 is 0 Å². The topological polar surface area (TPSA) is 103 Å². The van der Waals surface area contributed by atoms with Crippen molar-refractivity contribution < 1.29 is 14.7 Å². The zero-order valence-corrected chi connectivity index (χ0v) is 14.9. The van der Waals surface area contributed by atoms with E-state index in [1.165, 1.54) is 6.08 Å². The Kier molecular flexibility index (Phi) is 5.78. The van der Waals surface area contributed by atoms with E-state index in [-0.39, 0.29) is 6.42 Å².